The van der Waals surface area contributed by atoms with Gasteiger partial charge in [-0.2, -0.15) is 4.98 Å². The standard InChI is InChI=1S/C14H16FN5O4/c1-3-14(17)9(22)8(5(2)21)24-12(14)20-4-6(15)7-10(20)18-13(16)19-11(7)23/h1,4-5,8-9,12,21-22H,17H2,2H3,(H3,16,18,19,23)/t5-,8+,9?,12+,14+/m0/s1. The number of aromatic nitrogens is 3. The molecule has 0 bridgehead atoms. The Kier molecular flexibility index (Phi) is 3.61. The van der Waals surface area contributed by atoms with Gasteiger partial charge in [-0.3, -0.25) is 14.3 Å². The molecule has 1 aliphatic rings. The number of anilines is 1. The van der Waals surface area contributed by atoms with Gasteiger partial charge in [0.2, 0.25) is 5.95 Å². The van der Waals surface area contributed by atoms with Crippen LogP contribution in [0.5, 0.6) is 0 Å². The van der Waals surface area contributed by atoms with Gasteiger partial charge in [0, 0.05) is 6.20 Å². The predicted molar refractivity (Wildman–Crippen MR) is 82.1 cm³/mol. The minimum absolute atomic E-state index is 0.137. The van der Waals surface area contributed by atoms with Crippen LogP contribution in [0.3, 0.4) is 0 Å². The lowest BCUT2D eigenvalue weighted by atomic mass is 9.90. The number of terminal acetylenes is 1. The number of hydrogen-bond acceptors (Lipinski definition) is 7. The summed E-state index contributed by atoms with van der Waals surface area (Å²) >= 11 is 0. The number of nitrogens with two attached hydrogens (primary N) is 2. The fourth-order valence-electron chi connectivity index (χ4n) is 2.89. The van der Waals surface area contributed by atoms with Crippen molar-refractivity contribution in [2.45, 2.75) is 37.0 Å². The molecule has 7 N–H and O–H groups in total. The molecule has 128 valence electrons. The number of aliphatic hydroxyl groups is 2. The van der Waals surface area contributed by atoms with Crippen LogP contribution in [0.2, 0.25) is 0 Å². The molecular weight excluding hydrogens is 321 g/mol. The van der Waals surface area contributed by atoms with Crippen molar-refractivity contribution < 1.29 is 19.3 Å². The number of nitrogens with one attached hydrogen (secondary N) is 1. The van der Waals surface area contributed by atoms with Crippen molar-refractivity contribution >= 4 is 17.0 Å². The van der Waals surface area contributed by atoms with Crippen molar-refractivity contribution in [1.82, 2.24) is 14.5 Å². The van der Waals surface area contributed by atoms with Gasteiger partial charge in [-0.05, 0) is 6.92 Å². The number of ether oxygens (including phenoxy) is 1. The minimum atomic E-state index is -1.78. The maximum Gasteiger partial charge on any atom is 0.264 e. The number of nitrogens with zero attached hydrogens (tertiary/aromatic N) is 2. The van der Waals surface area contributed by atoms with Crippen molar-refractivity contribution in [3.8, 4) is 12.3 Å². The summed E-state index contributed by atoms with van der Waals surface area (Å²) in [7, 11) is 0. The molecule has 1 fully saturated rings. The van der Waals surface area contributed by atoms with Crippen molar-refractivity contribution in [2.24, 2.45) is 5.73 Å². The number of nitrogen functional groups attached to an aromatic ring is 1. The normalized spacial score (nSPS) is 31.2. The lowest BCUT2D eigenvalue weighted by Gasteiger charge is -2.27. The molecule has 3 rings (SSSR count). The third-order valence-electron chi connectivity index (χ3n) is 4.13. The smallest absolute Gasteiger partial charge is 0.264 e. The molecule has 0 saturated carbocycles. The molecular formula is C14H16FN5O4. The van der Waals surface area contributed by atoms with Crippen LogP contribution in [0, 0.1) is 18.2 Å². The van der Waals surface area contributed by atoms with E-state index in [0.29, 0.717) is 0 Å². The number of aromatic amines is 1. The van der Waals surface area contributed by atoms with Gasteiger partial charge < -0.3 is 26.4 Å². The third kappa shape index (κ3) is 2.10. The molecule has 1 aliphatic heterocycles. The zero-order valence-corrected chi connectivity index (χ0v) is 12.6. The van der Waals surface area contributed by atoms with E-state index < -0.39 is 41.5 Å². The van der Waals surface area contributed by atoms with Crippen molar-refractivity contribution in [3.63, 3.8) is 0 Å². The molecule has 9 nitrogen and oxygen atoms in total. The van der Waals surface area contributed by atoms with Gasteiger partial charge >= 0.3 is 0 Å². The molecule has 2 aromatic rings. The highest BCUT2D eigenvalue weighted by atomic mass is 19.1. The van der Waals surface area contributed by atoms with Gasteiger partial charge in [0.25, 0.3) is 5.56 Å². The van der Waals surface area contributed by atoms with Crippen LogP contribution in [0.25, 0.3) is 11.0 Å². The molecule has 1 unspecified atom stereocenters. The average Bonchev–Trinajstić information content (AvgIpc) is 2.95. The van der Waals surface area contributed by atoms with Gasteiger partial charge in [0.05, 0.1) is 6.10 Å². The second-order valence-corrected chi connectivity index (χ2v) is 5.75. The summed E-state index contributed by atoms with van der Waals surface area (Å²) in [5.74, 6) is 1.12. The predicted octanol–water partition coefficient (Wildman–Crippen LogP) is -1.58. The van der Waals surface area contributed by atoms with E-state index in [2.05, 4.69) is 15.9 Å². The SMILES string of the molecule is C#C[C@@]1(N)C(O)[C@@H]([C@H](C)O)O[C@H]1n1cc(F)c2c(=O)[nH]c(N)nc21. The second-order valence-electron chi connectivity index (χ2n) is 5.75. The Morgan fingerprint density at radius 2 is 2.33 bits per heavy atom. The van der Waals surface area contributed by atoms with Crippen LogP contribution >= 0.6 is 0 Å². The number of fused-ring (bicyclic) bond motifs is 1. The molecule has 5 atom stereocenters. The Morgan fingerprint density at radius 1 is 1.67 bits per heavy atom. The Bertz CT molecular complexity index is 901. The fraction of sp³-hybridized carbons (Fsp3) is 0.429. The van der Waals surface area contributed by atoms with E-state index in [0.717, 1.165) is 10.8 Å². The monoisotopic (exact) mass is 337 g/mol. The van der Waals surface area contributed by atoms with Crippen LogP contribution in [0.1, 0.15) is 13.2 Å². The Balaban J connectivity index is 2.24. The summed E-state index contributed by atoms with van der Waals surface area (Å²) < 4.78 is 20.8. The summed E-state index contributed by atoms with van der Waals surface area (Å²) in [5, 5.41) is 19.7. The third-order valence-corrected chi connectivity index (χ3v) is 4.13. The lowest BCUT2D eigenvalue weighted by Crippen LogP contribution is -2.54. The Morgan fingerprint density at radius 3 is 2.92 bits per heavy atom. The van der Waals surface area contributed by atoms with Gasteiger partial charge in [0.1, 0.15) is 17.6 Å². The van der Waals surface area contributed by atoms with Gasteiger partial charge in [-0.25, -0.2) is 4.39 Å². The number of rotatable bonds is 2. The van der Waals surface area contributed by atoms with E-state index in [1.165, 1.54) is 6.92 Å². The van der Waals surface area contributed by atoms with Crippen LogP contribution in [0.4, 0.5) is 10.3 Å². The fourth-order valence-corrected chi connectivity index (χ4v) is 2.89. The number of hydrogen-bond donors (Lipinski definition) is 5. The first-order chi connectivity index (χ1) is 11.2. The zero-order valence-electron chi connectivity index (χ0n) is 12.6. The molecule has 0 aromatic carbocycles. The Labute approximate surface area is 135 Å². The summed E-state index contributed by atoms with van der Waals surface area (Å²) in [6.07, 6.45) is 1.50. The number of H-pyrrole nitrogens is 1. The highest BCUT2D eigenvalue weighted by molar-refractivity contribution is 5.77. The van der Waals surface area contributed by atoms with E-state index in [9.17, 15) is 19.4 Å². The molecule has 2 aromatic heterocycles. The van der Waals surface area contributed by atoms with Crippen molar-refractivity contribution in [3.05, 3.63) is 22.4 Å². The van der Waals surface area contributed by atoms with Crippen LogP contribution in [0.15, 0.2) is 11.0 Å². The number of aliphatic hydroxyl groups excluding tert-OH is 2. The van der Waals surface area contributed by atoms with Gasteiger partial charge in [-0.15, -0.1) is 6.42 Å². The van der Waals surface area contributed by atoms with Crippen molar-refractivity contribution in [1.29, 1.82) is 0 Å². The molecule has 0 amide bonds. The van der Waals surface area contributed by atoms with Gasteiger partial charge in [-0.1, -0.05) is 5.92 Å². The topological polar surface area (TPSA) is 152 Å². The maximum atomic E-state index is 14.2. The highest BCUT2D eigenvalue weighted by Crippen LogP contribution is 2.39. The first-order valence-corrected chi connectivity index (χ1v) is 7.04. The first kappa shape index (κ1) is 16.4. The molecule has 0 aliphatic carbocycles. The minimum Gasteiger partial charge on any atom is -0.391 e. The maximum absolute atomic E-state index is 14.2. The lowest BCUT2D eigenvalue weighted by molar-refractivity contribution is -0.0756. The molecule has 0 spiro atoms. The molecule has 0 radical (unpaired) electrons. The highest BCUT2D eigenvalue weighted by Gasteiger charge is 2.55. The average molecular weight is 337 g/mol. The summed E-state index contributed by atoms with van der Waals surface area (Å²) in [6, 6.07) is 0. The van der Waals surface area contributed by atoms with E-state index in [1.807, 2.05) is 0 Å². The van der Waals surface area contributed by atoms with Crippen LogP contribution in [-0.2, 0) is 4.74 Å². The van der Waals surface area contributed by atoms with Crippen LogP contribution < -0.4 is 17.0 Å². The Hall–Kier alpha value is -2.45. The quantitative estimate of drug-likeness (QED) is 0.414. The second kappa shape index (κ2) is 5.29. The van der Waals surface area contributed by atoms with E-state index in [-0.39, 0.29) is 17.0 Å². The van der Waals surface area contributed by atoms with E-state index in [1.54, 1.807) is 0 Å². The first-order valence-electron chi connectivity index (χ1n) is 7.04. The molecule has 1 saturated heterocycles. The summed E-state index contributed by atoms with van der Waals surface area (Å²) in [4.78, 5) is 18.0. The van der Waals surface area contributed by atoms with E-state index in [4.69, 9.17) is 22.6 Å². The molecule has 10 heteroatoms. The van der Waals surface area contributed by atoms with Crippen LogP contribution in [-0.4, -0.2) is 48.6 Å². The summed E-state index contributed by atoms with van der Waals surface area (Å²) in [6.45, 7) is 1.39. The van der Waals surface area contributed by atoms with Crippen molar-refractivity contribution in [2.75, 3.05) is 5.73 Å². The zero-order chi connectivity index (χ0) is 17.8. The van der Waals surface area contributed by atoms with Gasteiger partial charge in [0.15, 0.2) is 23.2 Å². The largest absolute Gasteiger partial charge is 0.391 e. The molecule has 24 heavy (non-hydrogen) atoms. The number of halogens is 1. The van der Waals surface area contributed by atoms with E-state index >= 15 is 0 Å². The summed E-state index contributed by atoms with van der Waals surface area (Å²) in [5.41, 5.74) is 8.88. The molecule has 3 heterocycles.